The Morgan fingerprint density at radius 2 is 1.12 bits per heavy atom. The predicted octanol–water partition coefficient (Wildman–Crippen LogP) is 2.78. The molecule has 3 heteroatoms. The van der Waals surface area contributed by atoms with Crippen molar-refractivity contribution in [2.45, 2.75) is 61.9 Å². The molecule has 4 bridgehead atoms. The second-order valence-electron chi connectivity index (χ2n) is 7.02. The molecular weight excluding hydrogens is 232 g/mol. The molecule has 4 fully saturated rings. The fourth-order valence-corrected chi connectivity index (χ4v) is 8.50. The van der Waals surface area contributed by atoms with Gasteiger partial charge in [0.2, 0.25) is 0 Å². The Hall–Kier alpha value is -0.0500. The van der Waals surface area contributed by atoms with E-state index in [1.54, 1.807) is 0 Å². The molecule has 0 N–H and O–H groups in total. The van der Waals surface area contributed by atoms with Gasteiger partial charge in [0.15, 0.2) is 9.84 Å². The van der Waals surface area contributed by atoms with Gasteiger partial charge in [-0.1, -0.05) is 12.8 Å². The van der Waals surface area contributed by atoms with Gasteiger partial charge in [-0.15, -0.1) is 0 Å². The second-order valence-corrected chi connectivity index (χ2v) is 9.40. The predicted molar refractivity (Wildman–Crippen MR) is 67.4 cm³/mol. The summed E-state index contributed by atoms with van der Waals surface area (Å²) < 4.78 is 25.6. The fourth-order valence-electron chi connectivity index (χ4n) is 5.40. The summed E-state index contributed by atoms with van der Waals surface area (Å²) in [6, 6.07) is 0. The molecular formula is C14H22O2S. The SMILES string of the molecule is O=S(=O)(C1CC2CCC1C2)C1CC2CCC1C2. The summed E-state index contributed by atoms with van der Waals surface area (Å²) in [5.41, 5.74) is 0. The first-order valence-electron chi connectivity index (χ1n) is 7.37. The highest BCUT2D eigenvalue weighted by Gasteiger charge is 2.53. The van der Waals surface area contributed by atoms with E-state index in [1.165, 1.54) is 38.5 Å². The van der Waals surface area contributed by atoms with Crippen LogP contribution in [0.1, 0.15) is 51.4 Å². The van der Waals surface area contributed by atoms with Crippen LogP contribution in [0.3, 0.4) is 0 Å². The van der Waals surface area contributed by atoms with E-state index in [9.17, 15) is 8.42 Å². The molecule has 0 radical (unpaired) electrons. The van der Waals surface area contributed by atoms with Crippen LogP contribution in [-0.4, -0.2) is 18.9 Å². The molecule has 0 heterocycles. The summed E-state index contributed by atoms with van der Waals surface area (Å²) in [4.78, 5) is 0. The van der Waals surface area contributed by atoms with Crippen molar-refractivity contribution in [2.24, 2.45) is 23.7 Å². The Kier molecular flexibility index (Phi) is 2.23. The fraction of sp³-hybridized carbons (Fsp3) is 1.00. The Balaban J connectivity index is 1.60. The standard InChI is InChI=1S/C14H22O2S/c15-17(16,13-7-9-1-3-11(13)5-9)14-8-10-2-4-12(14)6-10/h9-14H,1-8H2. The molecule has 0 aromatic heterocycles. The van der Waals surface area contributed by atoms with Gasteiger partial charge in [0.1, 0.15) is 0 Å². The quantitative estimate of drug-likeness (QED) is 0.759. The van der Waals surface area contributed by atoms with E-state index in [2.05, 4.69) is 0 Å². The Labute approximate surface area is 104 Å². The maximum atomic E-state index is 12.8. The highest BCUT2D eigenvalue weighted by molar-refractivity contribution is 7.92. The lowest BCUT2D eigenvalue weighted by molar-refractivity contribution is 0.430. The minimum Gasteiger partial charge on any atom is -0.228 e. The first-order valence-corrected chi connectivity index (χ1v) is 8.98. The zero-order valence-electron chi connectivity index (χ0n) is 10.3. The molecule has 17 heavy (non-hydrogen) atoms. The molecule has 0 amide bonds. The van der Waals surface area contributed by atoms with Gasteiger partial charge in [-0.25, -0.2) is 8.42 Å². The molecule has 6 atom stereocenters. The first-order chi connectivity index (χ1) is 8.14. The van der Waals surface area contributed by atoms with E-state index in [0.717, 1.165) is 24.7 Å². The van der Waals surface area contributed by atoms with Gasteiger partial charge in [0, 0.05) is 0 Å². The van der Waals surface area contributed by atoms with Crippen LogP contribution in [0.15, 0.2) is 0 Å². The summed E-state index contributed by atoms with van der Waals surface area (Å²) in [6.07, 6.45) is 9.41. The van der Waals surface area contributed by atoms with E-state index < -0.39 is 9.84 Å². The van der Waals surface area contributed by atoms with E-state index >= 15 is 0 Å². The van der Waals surface area contributed by atoms with E-state index in [1.807, 2.05) is 0 Å². The average Bonchev–Trinajstić information content (AvgIpc) is 3.07. The zero-order valence-corrected chi connectivity index (χ0v) is 11.2. The molecule has 6 unspecified atom stereocenters. The van der Waals surface area contributed by atoms with Crippen LogP contribution in [0, 0.1) is 23.7 Å². The highest BCUT2D eigenvalue weighted by Crippen LogP contribution is 2.53. The molecule has 0 saturated heterocycles. The number of fused-ring (bicyclic) bond motifs is 4. The molecule has 0 aliphatic heterocycles. The van der Waals surface area contributed by atoms with Crippen LogP contribution in [0.25, 0.3) is 0 Å². The molecule has 4 rings (SSSR count). The highest BCUT2D eigenvalue weighted by atomic mass is 32.2. The van der Waals surface area contributed by atoms with Gasteiger partial charge in [0.25, 0.3) is 0 Å². The van der Waals surface area contributed by atoms with Crippen molar-refractivity contribution in [1.29, 1.82) is 0 Å². The minimum absolute atomic E-state index is 0.0607. The molecule has 4 aliphatic carbocycles. The van der Waals surface area contributed by atoms with Gasteiger partial charge in [-0.2, -0.15) is 0 Å². The van der Waals surface area contributed by atoms with Gasteiger partial charge >= 0.3 is 0 Å². The van der Waals surface area contributed by atoms with Crippen LogP contribution in [-0.2, 0) is 9.84 Å². The van der Waals surface area contributed by atoms with Crippen LogP contribution in [0.2, 0.25) is 0 Å². The van der Waals surface area contributed by atoms with E-state index in [-0.39, 0.29) is 10.5 Å². The van der Waals surface area contributed by atoms with Crippen LogP contribution < -0.4 is 0 Å². The summed E-state index contributed by atoms with van der Waals surface area (Å²) in [5, 5.41) is 0.121. The van der Waals surface area contributed by atoms with Crippen molar-refractivity contribution < 1.29 is 8.42 Å². The smallest absolute Gasteiger partial charge is 0.156 e. The van der Waals surface area contributed by atoms with Crippen molar-refractivity contribution in [1.82, 2.24) is 0 Å². The zero-order chi connectivity index (χ0) is 11.6. The summed E-state index contributed by atoms with van der Waals surface area (Å²) in [6.45, 7) is 0. The second kappa shape index (κ2) is 3.49. The summed E-state index contributed by atoms with van der Waals surface area (Å²) in [7, 11) is -2.80. The Morgan fingerprint density at radius 3 is 1.41 bits per heavy atom. The van der Waals surface area contributed by atoms with E-state index in [4.69, 9.17) is 0 Å². The van der Waals surface area contributed by atoms with Crippen molar-refractivity contribution in [3.05, 3.63) is 0 Å². The molecule has 2 nitrogen and oxygen atoms in total. The molecule has 0 aromatic rings. The van der Waals surface area contributed by atoms with E-state index in [0.29, 0.717) is 11.8 Å². The maximum Gasteiger partial charge on any atom is 0.156 e. The molecule has 0 spiro atoms. The van der Waals surface area contributed by atoms with Crippen molar-refractivity contribution in [3.63, 3.8) is 0 Å². The third kappa shape index (κ3) is 1.47. The Bertz CT molecular complexity index is 394. The lowest BCUT2D eigenvalue weighted by Gasteiger charge is -2.29. The number of hydrogen-bond donors (Lipinski definition) is 0. The van der Waals surface area contributed by atoms with Crippen LogP contribution in [0.4, 0.5) is 0 Å². The number of sulfone groups is 1. The van der Waals surface area contributed by atoms with Gasteiger partial charge in [-0.3, -0.25) is 0 Å². The number of rotatable bonds is 2. The van der Waals surface area contributed by atoms with Gasteiger partial charge in [0.05, 0.1) is 10.5 Å². The largest absolute Gasteiger partial charge is 0.228 e. The lowest BCUT2D eigenvalue weighted by atomic mass is 10.00. The summed E-state index contributed by atoms with van der Waals surface area (Å²) in [5.74, 6) is 2.56. The first kappa shape index (κ1) is 10.8. The average molecular weight is 254 g/mol. The minimum atomic E-state index is -2.80. The third-order valence-corrected chi connectivity index (χ3v) is 9.03. The molecule has 96 valence electrons. The number of hydrogen-bond acceptors (Lipinski definition) is 2. The lowest BCUT2D eigenvalue weighted by Crippen LogP contribution is -2.38. The Morgan fingerprint density at radius 1 is 0.647 bits per heavy atom. The van der Waals surface area contributed by atoms with Gasteiger partial charge < -0.3 is 0 Å². The molecule has 4 aliphatic rings. The molecule has 0 aromatic carbocycles. The van der Waals surface area contributed by atoms with Crippen molar-refractivity contribution in [2.75, 3.05) is 0 Å². The van der Waals surface area contributed by atoms with Crippen LogP contribution in [0.5, 0.6) is 0 Å². The van der Waals surface area contributed by atoms with Gasteiger partial charge in [-0.05, 0) is 62.2 Å². The van der Waals surface area contributed by atoms with Crippen molar-refractivity contribution in [3.8, 4) is 0 Å². The normalized spacial score (nSPS) is 52.5. The summed E-state index contributed by atoms with van der Waals surface area (Å²) >= 11 is 0. The molecule has 4 saturated carbocycles. The van der Waals surface area contributed by atoms with Crippen molar-refractivity contribution >= 4 is 9.84 Å². The monoisotopic (exact) mass is 254 g/mol. The topological polar surface area (TPSA) is 34.1 Å². The maximum absolute atomic E-state index is 12.8. The van der Waals surface area contributed by atoms with Crippen LogP contribution >= 0.6 is 0 Å². The third-order valence-electron chi connectivity index (χ3n) is 6.19.